The number of carbonyl (C=O) groups is 1. The third-order valence-electron chi connectivity index (χ3n) is 4.78. The summed E-state index contributed by atoms with van der Waals surface area (Å²) in [5, 5.41) is 0.0483. The van der Waals surface area contributed by atoms with Crippen molar-refractivity contribution in [3.63, 3.8) is 0 Å². The van der Waals surface area contributed by atoms with Crippen molar-refractivity contribution < 1.29 is 18.5 Å². The molecule has 1 aromatic carbocycles. The van der Waals surface area contributed by atoms with E-state index in [1.54, 1.807) is 6.92 Å². The number of fused-ring (bicyclic) bond motifs is 1. The van der Waals surface area contributed by atoms with E-state index in [-0.39, 0.29) is 11.1 Å². The molecule has 2 aromatic rings. The maximum atomic E-state index is 11.5. The Morgan fingerprint density at radius 2 is 1.92 bits per heavy atom. The second kappa shape index (κ2) is 6.76. The SMILES string of the molecule is CC(=O)SCC(=Cc1ccc2oc(N)nc2c1)B1OC(C)(C)C(C)(C)O1. The number of nitrogens with zero attached hydrogens (tertiary/aromatic N) is 1. The van der Waals surface area contributed by atoms with E-state index in [9.17, 15) is 4.79 Å². The number of nitrogens with two attached hydrogens (primary N) is 1. The molecule has 1 aromatic heterocycles. The number of benzene rings is 1. The van der Waals surface area contributed by atoms with Crippen LogP contribution in [-0.4, -0.2) is 34.2 Å². The number of oxazole rings is 1. The molecule has 1 aliphatic heterocycles. The highest BCUT2D eigenvalue weighted by atomic mass is 32.2. The average Bonchev–Trinajstić information content (AvgIpc) is 2.98. The van der Waals surface area contributed by atoms with Crippen LogP contribution in [0, 0.1) is 0 Å². The van der Waals surface area contributed by atoms with Crippen LogP contribution in [0.4, 0.5) is 6.01 Å². The minimum absolute atomic E-state index is 0.0483. The van der Waals surface area contributed by atoms with Gasteiger partial charge in [-0.05, 0) is 50.9 Å². The summed E-state index contributed by atoms with van der Waals surface area (Å²) in [4.78, 5) is 15.6. The number of hydrogen-bond donors (Lipinski definition) is 1. The van der Waals surface area contributed by atoms with Crippen molar-refractivity contribution in [3.05, 3.63) is 29.2 Å². The molecule has 1 fully saturated rings. The van der Waals surface area contributed by atoms with Gasteiger partial charge < -0.3 is 19.5 Å². The molecular weight excluding hydrogens is 351 g/mol. The van der Waals surface area contributed by atoms with E-state index in [0.29, 0.717) is 16.9 Å². The van der Waals surface area contributed by atoms with Crippen molar-refractivity contribution in [1.82, 2.24) is 4.98 Å². The van der Waals surface area contributed by atoms with E-state index >= 15 is 0 Å². The van der Waals surface area contributed by atoms with Crippen LogP contribution in [0.2, 0.25) is 0 Å². The van der Waals surface area contributed by atoms with Gasteiger partial charge in [-0.25, -0.2) is 0 Å². The van der Waals surface area contributed by atoms with Gasteiger partial charge in [0.15, 0.2) is 10.7 Å². The van der Waals surface area contributed by atoms with Crippen LogP contribution < -0.4 is 5.73 Å². The minimum atomic E-state index is -0.509. The first-order chi connectivity index (χ1) is 12.1. The second-order valence-corrected chi connectivity index (χ2v) is 8.52. The molecule has 1 aliphatic rings. The maximum Gasteiger partial charge on any atom is 0.491 e. The average molecular weight is 374 g/mol. The number of nitrogen functional groups attached to an aromatic ring is 1. The highest BCUT2D eigenvalue weighted by molar-refractivity contribution is 8.13. The second-order valence-electron chi connectivity index (χ2n) is 7.37. The Labute approximate surface area is 157 Å². The van der Waals surface area contributed by atoms with E-state index in [0.717, 1.165) is 11.0 Å². The third-order valence-corrected chi connectivity index (χ3v) is 5.66. The highest BCUT2D eigenvalue weighted by Crippen LogP contribution is 2.39. The zero-order chi connectivity index (χ0) is 19.1. The van der Waals surface area contributed by atoms with Crippen molar-refractivity contribution >= 4 is 47.2 Å². The lowest BCUT2D eigenvalue weighted by Crippen LogP contribution is -2.41. The maximum absolute atomic E-state index is 11.5. The highest BCUT2D eigenvalue weighted by Gasteiger charge is 2.52. The Hall–Kier alpha value is -1.77. The van der Waals surface area contributed by atoms with Gasteiger partial charge in [0.1, 0.15) is 5.52 Å². The van der Waals surface area contributed by atoms with Crippen LogP contribution >= 0.6 is 11.8 Å². The Bertz CT molecular complexity index is 859. The standard InChI is InChI=1S/C18H23BN2O4S/c1-11(22)26-10-13(19-24-17(2,3)18(4,5)25-19)8-12-6-7-15-14(9-12)21-16(20)23-15/h6-9H,10H2,1-5H3,(H2,20,21). The van der Waals surface area contributed by atoms with Gasteiger partial charge in [0.2, 0.25) is 0 Å². The number of thioether (sulfide) groups is 1. The molecule has 2 heterocycles. The van der Waals surface area contributed by atoms with Gasteiger partial charge in [0.05, 0.1) is 11.2 Å². The van der Waals surface area contributed by atoms with Crippen LogP contribution in [0.3, 0.4) is 0 Å². The van der Waals surface area contributed by atoms with E-state index in [2.05, 4.69) is 4.98 Å². The molecule has 8 heteroatoms. The topological polar surface area (TPSA) is 87.6 Å². The van der Waals surface area contributed by atoms with Gasteiger partial charge in [-0.3, -0.25) is 4.79 Å². The van der Waals surface area contributed by atoms with Crippen LogP contribution in [0.5, 0.6) is 0 Å². The lowest BCUT2D eigenvalue weighted by atomic mass is 9.78. The number of carbonyl (C=O) groups excluding carboxylic acids is 1. The molecule has 0 amide bonds. The zero-order valence-electron chi connectivity index (χ0n) is 15.7. The van der Waals surface area contributed by atoms with Crippen molar-refractivity contribution in [2.24, 2.45) is 0 Å². The third kappa shape index (κ3) is 3.82. The number of anilines is 1. The molecule has 0 aliphatic carbocycles. The van der Waals surface area contributed by atoms with Gasteiger partial charge in [0, 0.05) is 12.7 Å². The summed E-state index contributed by atoms with van der Waals surface area (Å²) in [5.41, 5.74) is 7.85. The fraction of sp³-hybridized carbons (Fsp3) is 0.444. The quantitative estimate of drug-likeness (QED) is 0.817. The molecule has 1 saturated heterocycles. The Kier molecular flexibility index (Phi) is 4.94. The van der Waals surface area contributed by atoms with Crippen LogP contribution in [0.1, 0.15) is 40.2 Å². The normalized spacial score (nSPS) is 19.3. The largest absolute Gasteiger partial charge is 0.491 e. The summed E-state index contributed by atoms with van der Waals surface area (Å²) in [5.74, 6) is 0.491. The van der Waals surface area contributed by atoms with Gasteiger partial charge in [-0.15, -0.1) is 0 Å². The Balaban J connectivity index is 1.94. The number of rotatable bonds is 4. The summed E-state index contributed by atoms with van der Waals surface area (Å²) in [6.07, 6.45) is 1.97. The Morgan fingerprint density at radius 1 is 1.27 bits per heavy atom. The van der Waals surface area contributed by atoms with Gasteiger partial charge in [-0.1, -0.05) is 23.9 Å². The van der Waals surface area contributed by atoms with E-state index in [4.69, 9.17) is 19.5 Å². The minimum Gasteiger partial charge on any atom is -0.424 e. The van der Waals surface area contributed by atoms with Gasteiger partial charge >= 0.3 is 7.12 Å². The number of aromatic nitrogens is 1. The van der Waals surface area contributed by atoms with E-state index in [1.807, 2.05) is 52.0 Å². The van der Waals surface area contributed by atoms with Gasteiger partial charge in [-0.2, -0.15) is 4.98 Å². The van der Waals surface area contributed by atoms with Crippen molar-refractivity contribution in [2.75, 3.05) is 11.5 Å². The zero-order valence-corrected chi connectivity index (χ0v) is 16.5. The lowest BCUT2D eigenvalue weighted by Gasteiger charge is -2.32. The first-order valence-corrected chi connectivity index (χ1v) is 9.41. The molecule has 0 unspecified atom stereocenters. The molecule has 138 valence electrons. The molecule has 0 spiro atoms. The van der Waals surface area contributed by atoms with Crippen LogP contribution in [-0.2, 0) is 14.1 Å². The predicted molar refractivity (Wildman–Crippen MR) is 106 cm³/mol. The van der Waals surface area contributed by atoms with Crippen molar-refractivity contribution in [1.29, 1.82) is 0 Å². The smallest absolute Gasteiger partial charge is 0.424 e. The van der Waals surface area contributed by atoms with Gasteiger partial charge in [0.25, 0.3) is 6.01 Å². The summed E-state index contributed by atoms with van der Waals surface area (Å²) in [7, 11) is -0.509. The fourth-order valence-electron chi connectivity index (χ4n) is 2.62. The molecule has 0 saturated carbocycles. The van der Waals surface area contributed by atoms with E-state index in [1.165, 1.54) is 11.8 Å². The molecule has 0 atom stereocenters. The van der Waals surface area contributed by atoms with Crippen molar-refractivity contribution in [3.8, 4) is 0 Å². The molecule has 3 rings (SSSR count). The molecule has 6 nitrogen and oxygen atoms in total. The molecule has 0 radical (unpaired) electrons. The van der Waals surface area contributed by atoms with E-state index < -0.39 is 18.3 Å². The Morgan fingerprint density at radius 3 is 2.54 bits per heavy atom. The van der Waals surface area contributed by atoms with Crippen LogP contribution in [0.15, 0.2) is 28.1 Å². The molecule has 26 heavy (non-hydrogen) atoms. The first kappa shape index (κ1) is 19.0. The summed E-state index contributed by atoms with van der Waals surface area (Å²) in [6.45, 7) is 9.58. The predicted octanol–water partition coefficient (Wildman–Crippen LogP) is 3.70. The van der Waals surface area contributed by atoms with Crippen molar-refractivity contribution in [2.45, 2.75) is 45.8 Å². The first-order valence-electron chi connectivity index (χ1n) is 8.43. The lowest BCUT2D eigenvalue weighted by molar-refractivity contribution is -0.109. The monoisotopic (exact) mass is 374 g/mol. The fourth-order valence-corrected chi connectivity index (χ4v) is 3.21. The van der Waals surface area contributed by atoms with Crippen LogP contribution in [0.25, 0.3) is 17.2 Å². The number of hydrogen-bond acceptors (Lipinski definition) is 7. The summed E-state index contributed by atoms with van der Waals surface area (Å²) in [6, 6.07) is 5.76. The molecular formula is C18H23BN2O4S. The summed E-state index contributed by atoms with van der Waals surface area (Å²) >= 11 is 1.23. The molecule has 2 N–H and O–H groups in total. The molecule has 0 bridgehead atoms. The summed E-state index contributed by atoms with van der Waals surface area (Å²) < 4.78 is 17.6.